The van der Waals surface area contributed by atoms with E-state index >= 15 is 0 Å². The average Bonchev–Trinajstić information content (AvgIpc) is 2.56. The Kier molecular flexibility index (Phi) is 4.95. The van der Waals surface area contributed by atoms with Crippen LogP contribution in [0.1, 0.15) is 18.4 Å². The lowest BCUT2D eigenvalue weighted by atomic mass is 10.1. The second-order valence-electron chi connectivity index (χ2n) is 4.69. The predicted octanol–water partition coefficient (Wildman–Crippen LogP) is 2.70. The molecule has 5 heteroatoms. The number of unbranched alkanes of at least 4 members (excludes halogenated alkanes) is 1. The van der Waals surface area contributed by atoms with Crippen LogP contribution in [-0.2, 0) is 6.54 Å². The molecule has 0 fully saturated rings. The number of nitrogens with zero attached hydrogens (tertiary/aromatic N) is 3. The summed E-state index contributed by atoms with van der Waals surface area (Å²) >= 11 is 0. The molecule has 0 saturated heterocycles. The summed E-state index contributed by atoms with van der Waals surface area (Å²) in [6.07, 6.45) is 0.920. The smallest absolute Gasteiger partial charge is 0.268 e. The zero-order valence-corrected chi connectivity index (χ0v) is 12.2. The van der Waals surface area contributed by atoms with Crippen molar-refractivity contribution in [3.05, 3.63) is 52.3 Å². The summed E-state index contributed by atoms with van der Waals surface area (Å²) < 4.78 is 6.75. The minimum Gasteiger partial charge on any atom is -0.497 e. The van der Waals surface area contributed by atoms with E-state index in [9.17, 15) is 4.79 Å². The zero-order valence-electron chi connectivity index (χ0n) is 12.2. The van der Waals surface area contributed by atoms with Gasteiger partial charge >= 0.3 is 0 Å². The van der Waals surface area contributed by atoms with E-state index in [1.165, 1.54) is 6.07 Å². The van der Waals surface area contributed by atoms with Gasteiger partial charge in [0.2, 0.25) is 0 Å². The Balaban J connectivity index is 2.54. The second kappa shape index (κ2) is 7.10. The van der Waals surface area contributed by atoms with Crippen molar-refractivity contribution in [1.82, 2.24) is 4.57 Å². The number of benzene rings is 1. The van der Waals surface area contributed by atoms with Crippen molar-refractivity contribution >= 4 is 0 Å². The van der Waals surface area contributed by atoms with Gasteiger partial charge in [0.25, 0.3) is 5.56 Å². The molecule has 0 spiro atoms. The van der Waals surface area contributed by atoms with Gasteiger partial charge < -0.3 is 9.30 Å². The molecule has 0 N–H and O–H groups in total. The van der Waals surface area contributed by atoms with E-state index < -0.39 is 0 Å². The number of hydrogen-bond donors (Lipinski definition) is 0. The van der Waals surface area contributed by atoms with E-state index in [4.69, 9.17) is 15.3 Å². The van der Waals surface area contributed by atoms with Gasteiger partial charge in [-0.05, 0) is 30.7 Å². The monoisotopic (exact) mass is 293 g/mol. The Hall–Kier alpha value is -3.05. The minimum absolute atomic E-state index is 0.101. The predicted molar refractivity (Wildman–Crippen MR) is 82.3 cm³/mol. The van der Waals surface area contributed by atoms with Crippen molar-refractivity contribution in [2.24, 2.45) is 0 Å². The van der Waals surface area contributed by atoms with Crippen LogP contribution in [-0.4, -0.2) is 11.7 Å². The van der Waals surface area contributed by atoms with E-state index in [-0.39, 0.29) is 11.1 Å². The maximum atomic E-state index is 12.4. The Morgan fingerprint density at radius 1 is 1.23 bits per heavy atom. The molecule has 5 nitrogen and oxygen atoms in total. The molecule has 1 heterocycles. The highest BCUT2D eigenvalue weighted by molar-refractivity contribution is 5.62. The fourth-order valence-corrected chi connectivity index (χ4v) is 2.24. The fraction of sp³-hybridized carbons (Fsp3) is 0.235. The second-order valence-corrected chi connectivity index (χ2v) is 4.69. The van der Waals surface area contributed by atoms with Crippen LogP contribution in [0, 0.1) is 22.7 Å². The largest absolute Gasteiger partial charge is 0.497 e. The molecule has 0 saturated carbocycles. The molecule has 0 unspecified atom stereocenters. The highest BCUT2D eigenvalue weighted by Crippen LogP contribution is 2.23. The van der Waals surface area contributed by atoms with Crippen molar-refractivity contribution in [3.63, 3.8) is 0 Å². The normalized spacial score (nSPS) is 9.77. The fourth-order valence-electron chi connectivity index (χ4n) is 2.24. The van der Waals surface area contributed by atoms with Gasteiger partial charge in [0.05, 0.1) is 18.9 Å². The Labute approximate surface area is 128 Å². The Morgan fingerprint density at radius 2 is 2.05 bits per heavy atom. The highest BCUT2D eigenvalue weighted by Gasteiger charge is 2.11. The highest BCUT2D eigenvalue weighted by atomic mass is 16.5. The maximum absolute atomic E-state index is 12.4. The lowest BCUT2D eigenvalue weighted by Crippen LogP contribution is -2.24. The van der Waals surface area contributed by atoms with Crippen LogP contribution in [0.2, 0.25) is 0 Å². The van der Waals surface area contributed by atoms with E-state index in [1.54, 1.807) is 17.7 Å². The molecule has 0 atom stereocenters. The first kappa shape index (κ1) is 15.3. The summed E-state index contributed by atoms with van der Waals surface area (Å²) in [6.45, 7) is 0.397. The van der Waals surface area contributed by atoms with Crippen molar-refractivity contribution in [2.45, 2.75) is 19.4 Å². The van der Waals surface area contributed by atoms with Crippen molar-refractivity contribution in [1.29, 1.82) is 10.5 Å². The van der Waals surface area contributed by atoms with E-state index in [2.05, 4.69) is 6.07 Å². The molecule has 22 heavy (non-hydrogen) atoms. The first-order valence-corrected chi connectivity index (χ1v) is 6.86. The standard InChI is InChI=1S/C17H15N3O2/c1-22-15-6-4-5-13(11-15)16-8-7-14(12-19)17(21)20(16)10-3-2-9-18/h4-8,11H,2-3,10H2,1H3. The van der Waals surface area contributed by atoms with E-state index in [1.807, 2.05) is 30.3 Å². The van der Waals surface area contributed by atoms with Crippen molar-refractivity contribution in [2.75, 3.05) is 7.11 Å². The van der Waals surface area contributed by atoms with Crippen LogP contribution in [0.3, 0.4) is 0 Å². The molecular formula is C17H15N3O2. The molecule has 0 aliphatic carbocycles. The quantitative estimate of drug-likeness (QED) is 0.794. The van der Waals surface area contributed by atoms with Crippen LogP contribution < -0.4 is 10.3 Å². The molecule has 2 rings (SSSR count). The number of methoxy groups -OCH3 is 1. The summed E-state index contributed by atoms with van der Waals surface area (Å²) in [5.41, 5.74) is 1.31. The number of rotatable bonds is 5. The SMILES string of the molecule is COc1cccc(-c2ccc(C#N)c(=O)n2CCCC#N)c1. The topological polar surface area (TPSA) is 78.8 Å². The van der Waals surface area contributed by atoms with Crippen LogP contribution in [0.25, 0.3) is 11.3 Å². The van der Waals surface area contributed by atoms with Gasteiger partial charge in [-0.1, -0.05) is 12.1 Å². The van der Waals surface area contributed by atoms with E-state index in [0.717, 1.165) is 5.56 Å². The summed E-state index contributed by atoms with van der Waals surface area (Å²) in [6, 6.07) is 14.6. The van der Waals surface area contributed by atoms with Crippen LogP contribution in [0.5, 0.6) is 5.75 Å². The van der Waals surface area contributed by atoms with Gasteiger partial charge in [0.15, 0.2) is 0 Å². The molecular weight excluding hydrogens is 278 g/mol. The molecule has 110 valence electrons. The van der Waals surface area contributed by atoms with E-state index in [0.29, 0.717) is 30.8 Å². The molecule has 1 aromatic heterocycles. The van der Waals surface area contributed by atoms with Gasteiger partial charge in [-0.2, -0.15) is 10.5 Å². The molecule has 0 radical (unpaired) electrons. The average molecular weight is 293 g/mol. The van der Waals surface area contributed by atoms with Gasteiger partial charge in [0, 0.05) is 18.5 Å². The van der Waals surface area contributed by atoms with Gasteiger partial charge in [0.1, 0.15) is 17.4 Å². The van der Waals surface area contributed by atoms with Crippen LogP contribution in [0.15, 0.2) is 41.2 Å². The van der Waals surface area contributed by atoms with Gasteiger partial charge in [-0.15, -0.1) is 0 Å². The van der Waals surface area contributed by atoms with Crippen molar-refractivity contribution in [3.8, 4) is 29.1 Å². The number of pyridine rings is 1. The lowest BCUT2D eigenvalue weighted by molar-refractivity contribution is 0.415. The number of nitriles is 2. The third-order valence-corrected chi connectivity index (χ3v) is 3.33. The first-order chi connectivity index (χ1) is 10.7. The summed E-state index contributed by atoms with van der Waals surface area (Å²) in [7, 11) is 1.58. The Bertz CT molecular complexity index is 810. The number of aromatic nitrogens is 1. The molecule has 0 aliphatic rings. The number of hydrogen-bond acceptors (Lipinski definition) is 4. The summed E-state index contributed by atoms with van der Waals surface area (Å²) in [4.78, 5) is 12.4. The maximum Gasteiger partial charge on any atom is 0.268 e. The molecule has 1 aromatic carbocycles. The molecule has 0 bridgehead atoms. The molecule has 0 amide bonds. The third kappa shape index (κ3) is 3.16. The van der Waals surface area contributed by atoms with Crippen LogP contribution in [0.4, 0.5) is 0 Å². The first-order valence-electron chi connectivity index (χ1n) is 6.86. The minimum atomic E-state index is -0.333. The zero-order chi connectivity index (χ0) is 15.9. The lowest BCUT2D eigenvalue weighted by Gasteiger charge is -2.13. The summed E-state index contributed by atoms with van der Waals surface area (Å²) in [5.74, 6) is 0.692. The van der Waals surface area contributed by atoms with Crippen LogP contribution >= 0.6 is 0 Å². The number of ether oxygens (including phenoxy) is 1. The van der Waals surface area contributed by atoms with Crippen molar-refractivity contribution < 1.29 is 4.74 Å². The third-order valence-electron chi connectivity index (χ3n) is 3.33. The summed E-state index contributed by atoms with van der Waals surface area (Å²) in [5, 5.41) is 17.7. The van der Waals surface area contributed by atoms with Gasteiger partial charge in [-0.3, -0.25) is 4.79 Å². The van der Waals surface area contributed by atoms with Gasteiger partial charge in [-0.25, -0.2) is 0 Å². The Morgan fingerprint density at radius 3 is 2.73 bits per heavy atom. The molecule has 0 aliphatic heterocycles. The molecule has 2 aromatic rings.